The third kappa shape index (κ3) is 6.75. The zero-order chi connectivity index (χ0) is 26.5. The first kappa shape index (κ1) is 25.9. The number of H-pyrrole nitrogens is 2. The van der Waals surface area contributed by atoms with Crippen LogP contribution in [-0.2, 0) is 21.4 Å². The van der Waals surface area contributed by atoms with Crippen molar-refractivity contribution in [3.05, 3.63) is 60.3 Å². The van der Waals surface area contributed by atoms with Crippen LogP contribution in [0.4, 0.5) is 10.5 Å². The van der Waals surface area contributed by atoms with Crippen molar-refractivity contribution < 1.29 is 22.5 Å². The number of ether oxygens (including phenoxy) is 1. The van der Waals surface area contributed by atoms with Gasteiger partial charge in [0.25, 0.3) is 10.1 Å². The lowest BCUT2D eigenvalue weighted by molar-refractivity contribution is 0.0342. The largest absolute Gasteiger partial charge is 0.379 e. The maximum Gasteiger partial charge on any atom is 0.319 e. The summed E-state index contributed by atoms with van der Waals surface area (Å²) in [7, 11) is -4.00. The molecule has 1 aliphatic heterocycles. The van der Waals surface area contributed by atoms with Gasteiger partial charge in [0.2, 0.25) is 0 Å². The minimum atomic E-state index is -4.00. The number of urea groups is 1. The van der Waals surface area contributed by atoms with E-state index in [-0.39, 0.29) is 10.9 Å². The molecule has 200 valence electrons. The molecular formula is C25H29N7O5S. The van der Waals surface area contributed by atoms with Crippen LogP contribution in [0.25, 0.3) is 22.6 Å². The number of carbonyl (C=O) groups is 1. The fourth-order valence-electron chi connectivity index (χ4n) is 4.02. The summed E-state index contributed by atoms with van der Waals surface area (Å²) in [6, 6.07) is 13.8. The molecule has 2 aliphatic rings. The molecule has 6 rings (SSSR count). The van der Waals surface area contributed by atoms with Gasteiger partial charge in [-0.2, -0.15) is 13.5 Å². The highest BCUT2D eigenvalue weighted by molar-refractivity contribution is 7.85. The number of morpholine rings is 1. The highest BCUT2D eigenvalue weighted by Crippen LogP contribution is 2.26. The minimum absolute atomic E-state index is 0.0741. The van der Waals surface area contributed by atoms with Gasteiger partial charge >= 0.3 is 6.03 Å². The molecule has 0 bridgehead atoms. The van der Waals surface area contributed by atoms with Crippen LogP contribution in [0.3, 0.4) is 0 Å². The van der Waals surface area contributed by atoms with Gasteiger partial charge < -0.3 is 20.4 Å². The monoisotopic (exact) mass is 539 g/mol. The van der Waals surface area contributed by atoms with Crippen LogP contribution in [0.5, 0.6) is 0 Å². The van der Waals surface area contributed by atoms with Crippen molar-refractivity contribution in [2.24, 2.45) is 0 Å². The number of hydrogen-bond donors (Lipinski definition) is 5. The summed E-state index contributed by atoms with van der Waals surface area (Å²) in [4.78, 5) is 22.4. The number of benzene rings is 2. The summed E-state index contributed by atoms with van der Waals surface area (Å²) < 4.78 is 34.7. The summed E-state index contributed by atoms with van der Waals surface area (Å²) in [5, 5.41) is 12.8. The third-order valence-corrected chi connectivity index (χ3v) is 7.00. The zero-order valence-corrected chi connectivity index (χ0v) is 21.4. The molecule has 4 aromatic rings. The van der Waals surface area contributed by atoms with Gasteiger partial charge in [0.05, 0.1) is 41.0 Å². The van der Waals surface area contributed by atoms with Crippen molar-refractivity contribution in [2.75, 3.05) is 31.6 Å². The molecule has 1 aliphatic carbocycles. The first-order valence-electron chi connectivity index (χ1n) is 12.3. The average molecular weight is 540 g/mol. The van der Waals surface area contributed by atoms with E-state index in [1.54, 1.807) is 24.4 Å². The summed E-state index contributed by atoms with van der Waals surface area (Å²) in [5.41, 5.74) is 4.34. The number of fused-ring (bicyclic) bond motifs is 1. The van der Waals surface area contributed by atoms with E-state index in [0.717, 1.165) is 56.7 Å². The Kier molecular flexibility index (Phi) is 7.69. The van der Waals surface area contributed by atoms with Crippen LogP contribution < -0.4 is 10.6 Å². The Balaban J connectivity index is 0.000000249. The van der Waals surface area contributed by atoms with Gasteiger partial charge in [-0.3, -0.25) is 14.6 Å². The van der Waals surface area contributed by atoms with Gasteiger partial charge in [0.1, 0.15) is 5.69 Å². The topological polar surface area (TPSA) is 165 Å². The van der Waals surface area contributed by atoms with E-state index >= 15 is 0 Å². The lowest BCUT2D eigenvalue weighted by atomic mass is 10.2. The minimum Gasteiger partial charge on any atom is -0.379 e. The van der Waals surface area contributed by atoms with Crippen molar-refractivity contribution in [1.29, 1.82) is 0 Å². The summed E-state index contributed by atoms with van der Waals surface area (Å²) in [6.45, 7) is 4.39. The molecule has 12 nitrogen and oxygen atoms in total. The van der Waals surface area contributed by atoms with Crippen LogP contribution in [0.1, 0.15) is 18.4 Å². The van der Waals surface area contributed by atoms with Crippen LogP contribution >= 0.6 is 0 Å². The summed E-state index contributed by atoms with van der Waals surface area (Å²) in [5.74, 6) is 0.651. The number of hydrogen-bond acceptors (Lipinski definition) is 7. The number of aromatic amines is 2. The van der Waals surface area contributed by atoms with E-state index in [9.17, 15) is 13.2 Å². The SMILES string of the molecule is O=C(Nc1cn[nH]c1-c1nc2ccc(CN3CCOCC3)cc2[nH]1)NC1CC1.O=S(=O)(O)c1ccccc1. The second-order valence-electron chi connectivity index (χ2n) is 9.14. The van der Waals surface area contributed by atoms with E-state index in [2.05, 4.69) is 47.8 Å². The van der Waals surface area contributed by atoms with Crippen molar-refractivity contribution >= 4 is 32.9 Å². The predicted molar refractivity (Wildman–Crippen MR) is 141 cm³/mol. The first-order chi connectivity index (χ1) is 18.3. The Morgan fingerprint density at radius 3 is 2.58 bits per heavy atom. The predicted octanol–water partition coefficient (Wildman–Crippen LogP) is 3.00. The Hall–Kier alpha value is -3.78. The average Bonchev–Trinajstić information content (AvgIpc) is 3.42. The number of anilines is 1. The molecule has 0 atom stereocenters. The fourth-order valence-corrected chi connectivity index (χ4v) is 4.52. The molecule has 0 radical (unpaired) electrons. The van der Waals surface area contributed by atoms with E-state index in [1.807, 2.05) is 6.07 Å². The first-order valence-corrected chi connectivity index (χ1v) is 13.7. The molecule has 0 unspecified atom stereocenters. The Labute approximate surface area is 219 Å². The third-order valence-electron chi connectivity index (χ3n) is 6.13. The molecular weight excluding hydrogens is 510 g/mol. The standard InChI is InChI=1S/C19H23N7O2.C6H6O3S/c27-19(21-13-2-3-13)24-16-10-20-25-17(16)18-22-14-4-1-12(9-15(14)23-18)11-26-5-7-28-8-6-26;7-10(8,9)6-4-2-1-3-5-6/h1,4,9-10,13H,2-3,5-8,11H2,(H,20,25)(H,22,23)(H2,21,24,27);1-5H,(H,7,8,9). The van der Waals surface area contributed by atoms with E-state index in [0.29, 0.717) is 23.2 Å². The number of aromatic nitrogens is 4. The molecule has 1 saturated heterocycles. The molecule has 3 heterocycles. The van der Waals surface area contributed by atoms with Gasteiger partial charge in [-0.25, -0.2) is 9.78 Å². The molecule has 38 heavy (non-hydrogen) atoms. The number of nitrogens with one attached hydrogen (secondary N) is 4. The number of carbonyl (C=O) groups excluding carboxylic acids is 1. The Morgan fingerprint density at radius 1 is 1.13 bits per heavy atom. The van der Waals surface area contributed by atoms with Crippen molar-refractivity contribution in [3.8, 4) is 11.5 Å². The zero-order valence-electron chi connectivity index (χ0n) is 20.6. The molecule has 2 fully saturated rings. The molecule has 1 saturated carbocycles. The summed E-state index contributed by atoms with van der Waals surface area (Å²) in [6.07, 6.45) is 3.68. The lowest BCUT2D eigenvalue weighted by Crippen LogP contribution is -2.35. The molecule has 0 spiro atoms. The van der Waals surface area contributed by atoms with E-state index in [4.69, 9.17) is 9.29 Å². The maximum absolute atomic E-state index is 12.0. The second-order valence-corrected chi connectivity index (χ2v) is 10.6. The van der Waals surface area contributed by atoms with Gasteiger partial charge in [0, 0.05) is 25.7 Å². The van der Waals surface area contributed by atoms with E-state index in [1.165, 1.54) is 17.7 Å². The van der Waals surface area contributed by atoms with Crippen molar-refractivity contribution in [2.45, 2.75) is 30.3 Å². The lowest BCUT2D eigenvalue weighted by Gasteiger charge is -2.26. The van der Waals surface area contributed by atoms with Crippen LogP contribution in [-0.4, -0.2) is 76.4 Å². The van der Waals surface area contributed by atoms with Crippen molar-refractivity contribution in [1.82, 2.24) is 30.4 Å². The molecule has 5 N–H and O–H groups in total. The van der Waals surface area contributed by atoms with Gasteiger partial charge in [-0.05, 0) is 42.7 Å². The molecule has 2 amide bonds. The smallest absolute Gasteiger partial charge is 0.319 e. The van der Waals surface area contributed by atoms with Gasteiger partial charge in [-0.1, -0.05) is 24.3 Å². The number of imidazole rings is 1. The quantitative estimate of drug-likeness (QED) is 0.233. The Morgan fingerprint density at radius 2 is 1.89 bits per heavy atom. The Bertz CT molecular complexity index is 1490. The van der Waals surface area contributed by atoms with Crippen LogP contribution in [0.15, 0.2) is 59.6 Å². The number of rotatable bonds is 6. The highest BCUT2D eigenvalue weighted by Gasteiger charge is 2.24. The van der Waals surface area contributed by atoms with Crippen molar-refractivity contribution in [3.63, 3.8) is 0 Å². The molecule has 2 aromatic carbocycles. The van der Waals surface area contributed by atoms with Crippen LogP contribution in [0, 0.1) is 0 Å². The highest BCUT2D eigenvalue weighted by atomic mass is 32.2. The second kappa shape index (κ2) is 11.3. The van der Waals surface area contributed by atoms with E-state index < -0.39 is 10.1 Å². The normalized spacial score (nSPS) is 16.0. The molecule has 13 heteroatoms. The maximum atomic E-state index is 12.0. The fraction of sp³-hybridized carbons (Fsp3) is 0.320. The van der Waals surface area contributed by atoms with Gasteiger partial charge in [-0.15, -0.1) is 0 Å². The number of amides is 2. The molecule has 2 aromatic heterocycles. The van der Waals surface area contributed by atoms with Crippen LogP contribution in [0.2, 0.25) is 0 Å². The summed E-state index contributed by atoms with van der Waals surface area (Å²) >= 11 is 0. The van der Waals surface area contributed by atoms with Gasteiger partial charge in [0.15, 0.2) is 5.82 Å². The number of nitrogens with zero attached hydrogens (tertiary/aromatic N) is 3.